The lowest BCUT2D eigenvalue weighted by molar-refractivity contribution is -0.107. The Kier molecular flexibility index (Phi) is 1.70. The number of hydrogen-bond acceptors (Lipinski definition) is 0. The van der Waals surface area contributed by atoms with Crippen LogP contribution in [-0.2, 0) is 0 Å². The van der Waals surface area contributed by atoms with Gasteiger partial charge in [0.1, 0.15) is 0 Å². The third-order valence-electron chi connectivity index (χ3n) is 6.53. The number of fused-ring (bicyclic) bond motifs is 4. The molecule has 0 aromatic carbocycles. The Morgan fingerprint density at radius 3 is 2.29 bits per heavy atom. The minimum atomic E-state index is 0.700. The molecule has 3 aliphatic rings. The normalized spacial score (nSPS) is 66.0. The largest absolute Gasteiger partial charge is 0.0622 e. The van der Waals surface area contributed by atoms with E-state index in [9.17, 15) is 0 Å². The summed E-state index contributed by atoms with van der Waals surface area (Å²) in [4.78, 5) is 0. The van der Waals surface area contributed by atoms with Crippen molar-refractivity contribution in [1.29, 1.82) is 0 Å². The predicted molar refractivity (Wildman–Crippen MR) is 59.9 cm³/mol. The van der Waals surface area contributed by atoms with Gasteiger partial charge < -0.3 is 0 Å². The summed E-state index contributed by atoms with van der Waals surface area (Å²) >= 11 is 0. The highest BCUT2D eigenvalue weighted by atomic mass is 14.7. The van der Waals surface area contributed by atoms with Gasteiger partial charge in [0.15, 0.2) is 0 Å². The van der Waals surface area contributed by atoms with E-state index in [0.29, 0.717) is 5.41 Å². The molecule has 0 aromatic rings. The van der Waals surface area contributed by atoms with E-state index in [1.807, 2.05) is 0 Å². The van der Waals surface area contributed by atoms with Gasteiger partial charge in [-0.3, -0.25) is 0 Å². The van der Waals surface area contributed by atoms with Crippen LogP contribution in [0.25, 0.3) is 0 Å². The molecule has 0 amide bonds. The molecule has 0 heterocycles. The molecular formula is C14H24. The van der Waals surface area contributed by atoms with Crippen LogP contribution in [0.1, 0.15) is 47.0 Å². The van der Waals surface area contributed by atoms with Crippen molar-refractivity contribution in [2.24, 2.45) is 40.9 Å². The molecule has 3 rings (SSSR count). The molecule has 0 nitrogen and oxygen atoms in total. The Morgan fingerprint density at radius 2 is 1.64 bits per heavy atom. The fourth-order valence-corrected chi connectivity index (χ4v) is 5.59. The molecule has 0 radical (unpaired) electrons. The van der Waals surface area contributed by atoms with Crippen molar-refractivity contribution in [3.05, 3.63) is 0 Å². The summed E-state index contributed by atoms with van der Waals surface area (Å²) in [6, 6.07) is 0. The summed E-state index contributed by atoms with van der Waals surface area (Å²) in [7, 11) is 0. The van der Waals surface area contributed by atoms with Crippen LogP contribution >= 0.6 is 0 Å². The van der Waals surface area contributed by atoms with Gasteiger partial charge in [-0.2, -0.15) is 0 Å². The first-order valence-electron chi connectivity index (χ1n) is 6.55. The van der Waals surface area contributed by atoms with E-state index in [2.05, 4.69) is 27.7 Å². The first kappa shape index (κ1) is 9.24. The van der Waals surface area contributed by atoms with Crippen molar-refractivity contribution in [3.8, 4) is 0 Å². The van der Waals surface area contributed by atoms with Crippen molar-refractivity contribution in [3.63, 3.8) is 0 Å². The maximum absolute atomic E-state index is 2.61. The van der Waals surface area contributed by atoms with Gasteiger partial charge in [0.05, 0.1) is 0 Å². The van der Waals surface area contributed by atoms with Gasteiger partial charge in [-0.05, 0) is 60.2 Å². The van der Waals surface area contributed by atoms with Gasteiger partial charge in [-0.25, -0.2) is 0 Å². The molecule has 0 N–H and O–H groups in total. The second-order valence-electron chi connectivity index (χ2n) is 6.79. The standard InChI is InChI=1S/C14H24/c1-8-5-12-7-11-6-9(2)14(4,10(11)3)13(8)12/h8-13H,5-7H2,1-4H3/t8?,9?,10?,11?,12-,13?,14?/m0/s1. The Balaban J connectivity index is 1.99. The van der Waals surface area contributed by atoms with Crippen molar-refractivity contribution in [2.45, 2.75) is 47.0 Å². The van der Waals surface area contributed by atoms with Crippen molar-refractivity contribution < 1.29 is 0 Å². The molecule has 3 saturated carbocycles. The van der Waals surface area contributed by atoms with Crippen LogP contribution in [0.3, 0.4) is 0 Å². The highest BCUT2D eigenvalue weighted by Crippen LogP contribution is 2.69. The second kappa shape index (κ2) is 2.57. The molecule has 0 aromatic heterocycles. The maximum Gasteiger partial charge on any atom is -0.0238 e. The predicted octanol–water partition coefficient (Wildman–Crippen LogP) is 3.96. The smallest absolute Gasteiger partial charge is 0.0238 e. The third-order valence-corrected chi connectivity index (χ3v) is 6.53. The molecule has 14 heavy (non-hydrogen) atoms. The molecule has 0 saturated heterocycles. The van der Waals surface area contributed by atoms with Gasteiger partial charge in [0.25, 0.3) is 0 Å². The van der Waals surface area contributed by atoms with Crippen LogP contribution in [0.4, 0.5) is 0 Å². The minimum absolute atomic E-state index is 0.700. The van der Waals surface area contributed by atoms with Crippen LogP contribution in [0.15, 0.2) is 0 Å². The summed E-state index contributed by atoms with van der Waals surface area (Å²) in [5, 5.41) is 0. The van der Waals surface area contributed by atoms with E-state index < -0.39 is 0 Å². The average Bonchev–Trinajstić information content (AvgIpc) is 2.27. The van der Waals surface area contributed by atoms with Gasteiger partial charge in [-0.1, -0.05) is 27.7 Å². The molecule has 0 heteroatoms. The summed E-state index contributed by atoms with van der Waals surface area (Å²) in [5.41, 5.74) is 0.700. The van der Waals surface area contributed by atoms with E-state index in [1.165, 1.54) is 12.8 Å². The molecule has 0 aliphatic heterocycles. The first-order valence-corrected chi connectivity index (χ1v) is 6.55. The summed E-state index contributed by atoms with van der Waals surface area (Å²) in [6.07, 6.45) is 4.63. The third kappa shape index (κ3) is 0.823. The zero-order chi connectivity index (χ0) is 10.1. The molecule has 0 spiro atoms. The Bertz CT molecular complexity index is 257. The minimum Gasteiger partial charge on any atom is -0.0622 e. The van der Waals surface area contributed by atoms with Gasteiger partial charge in [0, 0.05) is 0 Å². The van der Waals surface area contributed by atoms with Crippen molar-refractivity contribution >= 4 is 0 Å². The van der Waals surface area contributed by atoms with Gasteiger partial charge in [-0.15, -0.1) is 0 Å². The second-order valence-corrected chi connectivity index (χ2v) is 6.79. The fourth-order valence-electron chi connectivity index (χ4n) is 5.59. The first-order chi connectivity index (χ1) is 6.55. The Hall–Kier alpha value is 0. The molecule has 3 aliphatic carbocycles. The Labute approximate surface area is 88.5 Å². The van der Waals surface area contributed by atoms with E-state index in [-0.39, 0.29) is 0 Å². The van der Waals surface area contributed by atoms with E-state index in [4.69, 9.17) is 0 Å². The molecule has 2 bridgehead atoms. The van der Waals surface area contributed by atoms with Crippen molar-refractivity contribution in [1.82, 2.24) is 0 Å². The van der Waals surface area contributed by atoms with Crippen LogP contribution in [-0.4, -0.2) is 0 Å². The lowest BCUT2D eigenvalue weighted by Gasteiger charge is -2.59. The average molecular weight is 192 g/mol. The van der Waals surface area contributed by atoms with E-state index >= 15 is 0 Å². The maximum atomic E-state index is 2.61. The van der Waals surface area contributed by atoms with Crippen LogP contribution in [0, 0.1) is 40.9 Å². The van der Waals surface area contributed by atoms with Crippen LogP contribution in [0.5, 0.6) is 0 Å². The quantitative estimate of drug-likeness (QED) is 0.545. The van der Waals surface area contributed by atoms with Crippen molar-refractivity contribution in [2.75, 3.05) is 0 Å². The summed E-state index contributed by atoms with van der Waals surface area (Å²) in [5.74, 6) is 6.27. The lowest BCUT2D eigenvalue weighted by Crippen LogP contribution is -2.53. The molecule has 80 valence electrons. The highest BCUT2D eigenvalue weighted by molar-refractivity contribution is 5.10. The number of rotatable bonds is 0. The fraction of sp³-hybridized carbons (Fsp3) is 1.00. The molecule has 6 unspecified atom stereocenters. The lowest BCUT2D eigenvalue weighted by atomic mass is 9.46. The summed E-state index contributed by atoms with van der Waals surface area (Å²) in [6.45, 7) is 10.2. The monoisotopic (exact) mass is 192 g/mol. The number of hydrogen-bond donors (Lipinski definition) is 0. The molecule has 7 atom stereocenters. The van der Waals surface area contributed by atoms with Gasteiger partial charge in [0.2, 0.25) is 0 Å². The van der Waals surface area contributed by atoms with Crippen LogP contribution < -0.4 is 0 Å². The highest BCUT2D eigenvalue weighted by Gasteiger charge is 2.62. The molecule has 3 fully saturated rings. The van der Waals surface area contributed by atoms with Crippen LogP contribution in [0.2, 0.25) is 0 Å². The Morgan fingerprint density at radius 1 is 0.929 bits per heavy atom. The van der Waals surface area contributed by atoms with Gasteiger partial charge >= 0.3 is 0 Å². The zero-order valence-corrected chi connectivity index (χ0v) is 10.1. The molecular weight excluding hydrogens is 168 g/mol. The summed E-state index contributed by atoms with van der Waals surface area (Å²) < 4.78 is 0. The topological polar surface area (TPSA) is 0 Å². The zero-order valence-electron chi connectivity index (χ0n) is 10.1. The SMILES string of the molecule is CC1C[C@H]2CC3CC(C)C(C)(C3C)C12. The van der Waals surface area contributed by atoms with E-state index in [1.54, 1.807) is 6.42 Å². The van der Waals surface area contributed by atoms with E-state index in [0.717, 1.165) is 35.5 Å².